The van der Waals surface area contributed by atoms with Crippen LogP contribution in [-0.2, 0) is 9.47 Å². The van der Waals surface area contributed by atoms with E-state index in [1.807, 2.05) is 25.7 Å². The lowest BCUT2D eigenvalue weighted by Gasteiger charge is -2.33. The maximum absolute atomic E-state index is 11.9. The third-order valence-corrected chi connectivity index (χ3v) is 3.36. The molecule has 0 unspecified atom stereocenters. The highest BCUT2D eigenvalue weighted by molar-refractivity contribution is 5.68. The fraction of sp³-hybridized carbons (Fsp3) is 0.929. The second kappa shape index (κ2) is 5.47. The van der Waals surface area contributed by atoms with Crippen LogP contribution in [-0.4, -0.2) is 42.4 Å². The van der Waals surface area contributed by atoms with Gasteiger partial charge in [-0.1, -0.05) is 0 Å². The minimum Gasteiger partial charge on any atom is -0.444 e. The summed E-state index contributed by atoms with van der Waals surface area (Å²) in [5.41, 5.74) is -0.400. The molecule has 0 aromatic rings. The van der Waals surface area contributed by atoms with Crippen LogP contribution in [0.1, 0.15) is 46.5 Å². The molecule has 4 heteroatoms. The molecule has 1 aliphatic carbocycles. The van der Waals surface area contributed by atoms with Crippen molar-refractivity contribution >= 4 is 6.09 Å². The van der Waals surface area contributed by atoms with Gasteiger partial charge in [0.25, 0.3) is 0 Å². The SMILES string of the molecule is CC(C)(C)OC(=O)N1CCC(COC2CC2)CC1. The highest BCUT2D eigenvalue weighted by Gasteiger charge is 2.28. The number of ether oxygens (including phenoxy) is 2. The molecule has 4 nitrogen and oxygen atoms in total. The Morgan fingerprint density at radius 1 is 1.17 bits per heavy atom. The van der Waals surface area contributed by atoms with Crippen molar-refractivity contribution in [2.45, 2.75) is 58.2 Å². The Bertz CT molecular complexity index is 286. The van der Waals surface area contributed by atoms with Gasteiger partial charge in [0.1, 0.15) is 5.60 Å². The van der Waals surface area contributed by atoms with Crippen molar-refractivity contribution < 1.29 is 14.3 Å². The van der Waals surface area contributed by atoms with Crippen LogP contribution >= 0.6 is 0 Å². The molecule has 1 saturated heterocycles. The molecule has 0 aromatic heterocycles. The lowest BCUT2D eigenvalue weighted by molar-refractivity contribution is 0.0104. The van der Waals surface area contributed by atoms with Gasteiger partial charge >= 0.3 is 6.09 Å². The van der Waals surface area contributed by atoms with Crippen LogP contribution in [0.2, 0.25) is 0 Å². The Kier molecular flexibility index (Phi) is 4.15. The van der Waals surface area contributed by atoms with E-state index >= 15 is 0 Å². The first-order valence-corrected chi connectivity index (χ1v) is 7.03. The molecule has 0 aromatic carbocycles. The number of rotatable bonds is 3. The average Bonchev–Trinajstić information content (AvgIpc) is 3.08. The Labute approximate surface area is 110 Å². The lowest BCUT2D eigenvalue weighted by Crippen LogP contribution is -2.42. The third kappa shape index (κ3) is 4.48. The van der Waals surface area contributed by atoms with Crippen LogP contribution in [0, 0.1) is 5.92 Å². The zero-order valence-electron chi connectivity index (χ0n) is 11.8. The van der Waals surface area contributed by atoms with Gasteiger partial charge in [-0.25, -0.2) is 4.79 Å². The number of amides is 1. The molecule has 1 amide bonds. The second-order valence-electron chi connectivity index (χ2n) is 6.44. The summed E-state index contributed by atoms with van der Waals surface area (Å²) in [7, 11) is 0. The average molecular weight is 255 g/mol. The number of hydrogen-bond donors (Lipinski definition) is 0. The fourth-order valence-corrected chi connectivity index (χ4v) is 2.12. The van der Waals surface area contributed by atoms with E-state index in [4.69, 9.17) is 9.47 Å². The van der Waals surface area contributed by atoms with Crippen LogP contribution in [0.15, 0.2) is 0 Å². The summed E-state index contributed by atoms with van der Waals surface area (Å²) in [6.07, 6.45) is 4.89. The Balaban J connectivity index is 1.67. The van der Waals surface area contributed by atoms with E-state index < -0.39 is 5.60 Å². The van der Waals surface area contributed by atoms with Crippen molar-refractivity contribution in [1.29, 1.82) is 0 Å². The van der Waals surface area contributed by atoms with Crippen molar-refractivity contribution in [2.75, 3.05) is 19.7 Å². The molecule has 0 radical (unpaired) electrons. The molecule has 2 aliphatic rings. The molecule has 18 heavy (non-hydrogen) atoms. The minimum absolute atomic E-state index is 0.177. The van der Waals surface area contributed by atoms with E-state index in [2.05, 4.69) is 0 Å². The predicted octanol–water partition coefficient (Wildman–Crippen LogP) is 2.81. The van der Waals surface area contributed by atoms with Crippen molar-refractivity contribution in [1.82, 2.24) is 4.90 Å². The van der Waals surface area contributed by atoms with Gasteiger partial charge in [0.2, 0.25) is 0 Å². The van der Waals surface area contributed by atoms with Gasteiger partial charge in [0, 0.05) is 19.7 Å². The molecule has 2 fully saturated rings. The van der Waals surface area contributed by atoms with Crippen LogP contribution < -0.4 is 0 Å². The van der Waals surface area contributed by atoms with Gasteiger partial charge in [-0.2, -0.15) is 0 Å². The second-order valence-corrected chi connectivity index (χ2v) is 6.44. The summed E-state index contributed by atoms with van der Waals surface area (Å²) >= 11 is 0. The summed E-state index contributed by atoms with van der Waals surface area (Å²) < 4.78 is 11.1. The molecule has 1 aliphatic heterocycles. The monoisotopic (exact) mass is 255 g/mol. The van der Waals surface area contributed by atoms with Crippen LogP contribution in [0.4, 0.5) is 4.79 Å². The summed E-state index contributed by atoms with van der Waals surface area (Å²) in [6.45, 7) is 8.18. The maximum Gasteiger partial charge on any atom is 0.410 e. The molecule has 0 atom stereocenters. The highest BCUT2D eigenvalue weighted by atomic mass is 16.6. The topological polar surface area (TPSA) is 38.8 Å². The van der Waals surface area contributed by atoms with E-state index in [9.17, 15) is 4.79 Å². The van der Waals surface area contributed by atoms with Crippen LogP contribution in [0.5, 0.6) is 0 Å². The van der Waals surface area contributed by atoms with E-state index in [1.54, 1.807) is 0 Å². The number of piperidine rings is 1. The summed E-state index contributed by atoms with van der Waals surface area (Å²) in [5, 5.41) is 0. The Hall–Kier alpha value is -0.770. The van der Waals surface area contributed by atoms with E-state index in [0.29, 0.717) is 12.0 Å². The molecular formula is C14H25NO3. The summed E-state index contributed by atoms with van der Waals surface area (Å²) in [4.78, 5) is 13.7. The quantitative estimate of drug-likeness (QED) is 0.778. The summed E-state index contributed by atoms with van der Waals surface area (Å²) in [5.74, 6) is 0.615. The number of carbonyl (C=O) groups is 1. The first-order valence-electron chi connectivity index (χ1n) is 7.03. The van der Waals surface area contributed by atoms with Gasteiger partial charge in [0.15, 0.2) is 0 Å². The van der Waals surface area contributed by atoms with Crippen LogP contribution in [0.3, 0.4) is 0 Å². The Morgan fingerprint density at radius 2 is 1.78 bits per heavy atom. The van der Waals surface area contributed by atoms with Gasteiger partial charge in [-0.05, 0) is 52.4 Å². The van der Waals surface area contributed by atoms with Crippen molar-refractivity contribution in [3.8, 4) is 0 Å². The zero-order chi connectivity index (χ0) is 13.2. The molecule has 1 heterocycles. The highest BCUT2D eigenvalue weighted by Crippen LogP contribution is 2.26. The molecule has 0 bridgehead atoms. The summed E-state index contributed by atoms with van der Waals surface area (Å²) in [6, 6.07) is 0. The molecule has 104 valence electrons. The van der Waals surface area contributed by atoms with Crippen LogP contribution in [0.25, 0.3) is 0 Å². The van der Waals surface area contributed by atoms with Crippen molar-refractivity contribution in [2.24, 2.45) is 5.92 Å². The van der Waals surface area contributed by atoms with Gasteiger partial charge < -0.3 is 14.4 Å². The standard InChI is InChI=1S/C14H25NO3/c1-14(2,3)18-13(16)15-8-6-11(7-9-15)10-17-12-4-5-12/h11-12H,4-10H2,1-3H3. The number of hydrogen-bond acceptors (Lipinski definition) is 3. The fourth-order valence-electron chi connectivity index (χ4n) is 2.12. The van der Waals surface area contributed by atoms with Crippen molar-refractivity contribution in [3.05, 3.63) is 0 Å². The third-order valence-electron chi connectivity index (χ3n) is 3.36. The van der Waals surface area contributed by atoms with E-state index in [0.717, 1.165) is 32.5 Å². The first-order chi connectivity index (χ1) is 8.44. The zero-order valence-corrected chi connectivity index (χ0v) is 11.8. The lowest BCUT2D eigenvalue weighted by atomic mass is 9.98. The van der Waals surface area contributed by atoms with Gasteiger partial charge in [-0.3, -0.25) is 0 Å². The molecular weight excluding hydrogens is 230 g/mol. The molecule has 0 N–H and O–H groups in total. The van der Waals surface area contributed by atoms with Gasteiger partial charge in [0.05, 0.1) is 6.10 Å². The van der Waals surface area contributed by atoms with Crippen molar-refractivity contribution in [3.63, 3.8) is 0 Å². The molecule has 2 rings (SSSR count). The minimum atomic E-state index is -0.400. The molecule has 0 spiro atoms. The predicted molar refractivity (Wildman–Crippen MR) is 69.5 cm³/mol. The smallest absolute Gasteiger partial charge is 0.410 e. The van der Waals surface area contributed by atoms with E-state index in [-0.39, 0.29) is 6.09 Å². The first kappa shape index (κ1) is 13.7. The van der Waals surface area contributed by atoms with Gasteiger partial charge in [-0.15, -0.1) is 0 Å². The molecule has 1 saturated carbocycles. The normalized spacial score (nSPS) is 22.1. The maximum atomic E-state index is 11.9. The Morgan fingerprint density at radius 3 is 2.28 bits per heavy atom. The number of likely N-dealkylation sites (tertiary alicyclic amines) is 1. The number of nitrogens with zero attached hydrogens (tertiary/aromatic N) is 1. The largest absolute Gasteiger partial charge is 0.444 e. The number of carbonyl (C=O) groups excluding carboxylic acids is 1. The van der Waals surface area contributed by atoms with E-state index in [1.165, 1.54) is 12.8 Å².